The number of aromatic nitrogens is 1. The maximum Gasteiger partial charge on any atom is 0.354 e. The Bertz CT molecular complexity index is 1150. The van der Waals surface area contributed by atoms with Crippen LogP contribution in [-0.4, -0.2) is 37.3 Å². The molecule has 168 valence electrons. The highest BCUT2D eigenvalue weighted by Crippen LogP contribution is 2.28. The quantitative estimate of drug-likeness (QED) is 0.307. The van der Waals surface area contributed by atoms with E-state index in [0.29, 0.717) is 17.1 Å². The van der Waals surface area contributed by atoms with Gasteiger partial charge in [0.05, 0.1) is 20.8 Å². The number of para-hydroxylation sites is 1. The maximum atomic E-state index is 13.0. The highest BCUT2D eigenvalue weighted by atomic mass is 16.5. The molecule has 1 heterocycles. The van der Waals surface area contributed by atoms with Gasteiger partial charge in [-0.3, -0.25) is 4.79 Å². The number of ether oxygens (including phenoxy) is 3. The third-order valence-electron chi connectivity index (χ3n) is 5.07. The molecule has 1 aromatic heterocycles. The van der Waals surface area contributed by atoms with Crippen LogP contribution in [0.4, 0.5) is 0 Å². The van der Waals surface area contributed by atoms with Crippen molar-refractivity contribution in [3.8, 4) is 11.5 Å². The number of hydrogen-bond donors (Lipinski definition) is 1. The summed E-state index contributed by atoms with van der Waals surface area (Å²) in [5.74, 6) is -0.107. The predicted octanol–water partition coefficient (Wildman–Crippen LogP) is 4.31. The number of aryl methyl sites for hydroxylation is 1. The Morgan fingerprint density at radius 2 is 1.81 bits per heavy atom. The van der Waals surface area contributed by atoms with E-state index in [1.807, 2.05) is 49.0 Å². The van der Waals surface area contributed by atoms with Crippen LogP contribution in [0.1, 0.15) is 35.7 Å². The lowest BCUT2D eigenvalue weighted by Gasteiger charge is -2.12. The van der Waals surface area contributed by atoms with Gasteiger partial charge in [0.1, 0.15) is 5.70 Å². The number of nitrogens with zero attached hydrogens (tertiary/aromatic N) is 1. The summed E-state index contributed by atoms with van der Waals surface area (Å²) >= 11 is 0. The first kappa shape index (κ1) is 22.9. The first-order valence-electron chi connectivity index (χ1n) is 10.4. The Morgan fingerprint density at radius 3 is 2.53 bits per heavy atom. The van der Waals surface area contributed by atoms with Crippen LogP contribution in [0.3, 0.4) is 0 Å². The van der Waals surface area contributed by atoms with Crippen LogP contribution in [0.25, 0.3) is 17.0 Å². The van der Waals surface area contributed by atoms with Crippen molar-refractivity contribution in [3.63, 3.8) is 0 Å². The van der Waals surface area contributed by atoms with Crippen molar-refractivity contribution < 1.29 is 23.8 Å². The summed E-state index contributed by atoms with van der Waals surface area (Å²) < 4.78 is 17.9. The van der Waals surface area contributed by atoms with Crippen molar-refractivity contribution in [1.29, 1.82) is 0 Å². The molecule has 0 aliphatic rings. The number of esters is 1. The van der Waals surface area contributed by atoms with E-state index in [1.165, 1.54) is 14.2 Å². The van der Waals surface area contributed by atoms with Gasteiger partial charge in [-0.25, -0.2) is 4.79 Å². The number of unbranched alkanes of at least 4 members (excludes halogenated alkanes) is 1. The average Bonchev–Trinajstić information content (AvgIpc) is 3.13. The molecule has 0 radical (unpaired) electrons. The van der Waals surface area contributed by atoms with Crippen LogP contribution in [-0.2, 0) is 16.6 Å². The van der Waals surface area contributed by atoms with Crippen LogP contribution < -0.4 is 14.8 Å². The highest BCUT2D eigenvalue weighted by Gasteiger charge is 2.18. The molecule has 3 rings (SSSR count). The average molecular weight is 437 g/mol. The Labute approximate surface area is 187 Å². The lowest BCUT2D eigenvalue weighted by atomic mass is 10.1. The van der Waals surface area contributed by atoms with Gasteiger partial charge >= 0.3 is 5.97 Å². The van der Waals surface area contributed by atoms with Crippen molar-refractivity contribution in [2.45, 2.75) is 19.8 Å². The first-order valence-corrected chi connectivity index (χ1v) is 10.4. The summed E-state index contributed by atoms with van der Waals surface area (Å²) in [6.45, 7) is 2.30. The molecule has 0 atom stereocenters. The van der Waals surface area contributed by atoms with E-state index >= 15 is 0 Å². The monoisotopic (exact) mass is 436 g/mol. The van der Waals surface area contributed by atoms with E-state index in [2.05, 4.69) is 5.32 Å². The molecular formula is C25H28N2O5. The number of benzene rings is 2. The summed E-state index contributed by atoms with van der Waals surface area (Å²) in [5.41, 5.74) is 2.21. The highest BCUT2D eigenvalue weighted by molar-refractivity contribution is 6.05. The van der Waals surface area contributed by atoms with Crippen LogP contribution in [0.5, 0.6) is 11.5 Å². The molecule has 0 unspecified atom stereocenters. The van der Waals surface area contributed by atoms with Crippen LogP contribution >= 0.6 is 0 Å². The summed E-state index contributed by atoms with van der Waals surface area (Å²) in [4.78, 5) is 25.8. The lowest BCUT2D eigenvalue weighted by molar-refractivity contribution is -0.139. The molecule has 2 aromatic carbocycles. The molecule has 1 N–H and O–H groups in total. The molecule has 0 bridgehead atoms. The fourth-order valence-electron chi connectivity index (χ4n) is 3.35. The van der Waals surface area contributed by atoms with Gasteiger partial charge in [0.2, 0.25) is 0 Å². The first-order chi connectivity index (χ1) is 15.5. The molecule has 7 heteroatoms. The van der Waals surface area contributed by atoms with Gasteiger partial charge in [-0.15, -0.1) is 0 Å². The van der Waals surface area contributed by atoms with E-state index in [4.69, 9.17) is 14.2 Å². The molecule has 32 heavy (non-hydrogen) atoms. The molecule has 0 saturated carbocycles. The molecule has 0 saturated heterocycles. The number of rotatable bonds is 9. The van der Waals surface area contributed by atoms with Crippen LogP contribution in [0, 0.1) is 0 Å². The topological polar surface area (TPSA) is 78.8 Å². The van der Waals surface area contributed by atoms with Crippen molar-refractivity contribution in [1.82, 2.24) is 9.88 Å². The third-order valence-corrected chi connectivity index (χ3v) is 5.07. The second kappa shape index (κ2) is 10.5. The number of nitrogens with one attached hydrogen (secondary N) is 1. The van der Waals surface area contributed by atoms with Crippen molar-refractivity contribution in [3.05, 3.63) is 65.5 Å². The van der Waals surface area contributed by atoms with Gasteiger partial charge < -0.3 is 24.1 Å². The third kappa shape index (κ3) is 5.11. The van der Waals surface area contributed by atoms with Crippen molar-refractivity contribution in [2.75, 3.05) is 20.8 Å². The summed E-state index contributed by atoms with van der Waals surface area (Å²) in [5, 5.41) is 3.68. The van der Waals surface area contributed by atoms with Gasteiger partial charge in [-0.05, 0) is 36.8 Å². The van der Waals surface area contributed by atoms with Crippen molar-refractivity contribution >= 4 is 28.9 Å². The SMILES string of the molecule is CCCCOC(=O)C(=Cc1cn(C)c2ccccc12)NC(=O)c1ccc(OC)c(OC)c1. The molecule has 0 fully saturated rings. The minimum atomic E-state index is -0.583. The van der Waals surface area contributed by atoms with Gasteiger partial charge in [0.25, 0.3) is 5.91 Å². The number of carbonyl (C=O) groups excluding carboxylic acids is 2. The van der Waals surface area contributed by atoms with Crippen LogP contribution in [0.15, 0.2) is 54.4 Å². The molecule has 3 aromatic rings. The Kier molecular flexibility index (Phi) is 7.54. The number of methoxy groups -OCH3 is 2. The summed E-state index contributed by atoms with van der Waals surface area (Å²) in [6, 6.07) is 12.7. The zero-order valence-electron chi connectivity index (χ0n) is 18.8. The van der Waals surface area contributed by atoms with Crippen molar-refractivity contribution in [2.24, 2.45) is 7.05 Å². The molecule has 0 aliphatic carbocycles. The zero-order valence-corrected chi connectivity index (χ0v) is 18.8. The lowest BCUT2D eigenvalue weighted by Crippen LogP contribution is -2.28. The summed E-state index contributed by atoms with van der Waals surface area (Å²) in [6.07, 6.45) is 5.20. The van der Waals surface area contributed by atoms with Gasteiger partial charge in [-0.1, -0.05) is 31.5 Å². The largest absolute Gasteiger partial charge is 0.493 e. The van der Waals surface area contributed by atoms with E-state index in [9.17, 15) is 9.59 Å². The fourth-order valence-corrected chi connectivity index (χ4v) is 3.35. The smallest absolute Gasteiger partial charge is 0.354 e. The number of amides is 1. The predicted molar refractivity (Wildman–Crippen MR) is 124 cm³/mol. The fraction of sp³-hybridized carbons (Fsp3) is 0.280. The van der Waals surface area contributed by atoms with Gasteiger partial charge in [0.15, 0.2) is 11.5 Å². The number of hydrogen-bond acceptors (Lipinski definition) is 5. The normalized spacial score (nSPS) is 11.3. The second-order valence-corrected chi connectivity index (χ2v) is 7.28. The second-order valence-electron chi connectivity index (χ2n) is 7.28. The molecular weight excluding hydrogens is 408 g/mol. The molecule has 1 amide bonds. The van der Waals surface area contributed by atoms with E-state index < -0.39 is 11.9 Å². The number of carbonyl (C=O) groups is 2. The Hall–Kier alpha value is -3.74. The maximum absolute atomic E-state index is 13.0. The van der Waals surface area contributed by atoms with Gasteiger partial charge in [0, 0.05) is 35.3 Å². The minimum Gasteiger partial charge on any atom is -0.493 e. The van der Waals surface area contributed by atoms with Gasteiger partial charge in [-0.2, -0.15) is 0 Å². The summed E-state index contributed by atoms with van der Waals surface area (Å²) in [7, 11) is 4.95. The molecule has 7 nitrogen and oxygen atoms in total. The molecule has 0 spiro atoms. The van der Waals surface area contributed by atoms with Crippen LogP contribution in [0.2, 0.25) is 0 Å². The molecule has 0 aliphatic heterocycles. The minimum absolute atomic E-state index is 0.0669. The zero-order chi connectivity index (χ0) is 23.1. The Morgan fingerprint density at radius 1 is 1.06 bits per heavy atom. The van der Waals surface area contributed by atoms with E-state index in [1.54, 1.807) is 24.3 Å². The standard InChI is InChI=1S/C25H28N2O5/c1-5-6-13-32-25(29)20(14-18-16-27(2)21-10-8-7-9-19(18)21)26-24(28)17-11-12-22(30-3)23(15-17)31-4/h7-12,14-16H,5-6,13H2,1-4H3,(H,26,28). The number of fused-ring (bicyclic) bond motifs is 1. The van der Waals surface area contributed by atoms with E-state index in [0.717, 1.165) is 29.3 Å². The van der Waals surface area contributed by atoms with E-state index in [-0.39, 0.29) is 12.3 Å². The Balaban J connectivity index is 1.95.